The number of nitrogens with two attached hydrogens (primary N) is 1. The van der Waals surface area contributed by atoms with Crippen molar-refractivity contribution in [3.05, 3.63) is 0 Å². The first-order valence-electron chi connectivity index (χ1n) is 6.48. The Balaban J connectivity index is 2.61. The molecule has 4 heteroatoms. The fourth-order valence-electron chi connectivity index (χ4n) is 2.33. The van der Waals surface area contributed by atoms with Crippen molar-refractivity contribution in [2.45, 2.75) is 39.7 Å². The van der Waals surface area contributed by atoms with Crippen molar-refractivity contribution < 1.29 is 9.53 Å². The van der Waals surface area contributed by atoms with Crippen molar-refractivity contribution in [2.75, 3.05) is 26.2 Å². The molecule has 1 aliphatic rings. The Bertz CT molecular complexity index is 264. The maximum absolute atomic E-state index is 12.3. The van der Waals surface area contributed by atoms with Crippen LogP contribution in [-0.4, -0.2) is 42.6 Å². The van der Waals surface area contributed by atoms with Gasteiger partial charge in [0.2, 0.25) is 5.91 Å². The first-order valence-corrected chi connectivity index (χ1v) is 6.48. The summed E-state index contributed by atoms with van der Waals surface area (Å²) in [5.74, 6) is 0.656. The normalized spacial score (nSPS) is 21.6. The van der Waals surface area contributed by atoms with Gasteiger partial charge >= 0.3 is 0 Å². The smallest absolute Gasteiger partial charge is 0.227 e. The van der Waals surface area contributed by atoms with Gasteiger partial charge in [-0.3, -0.25) is 4.79 Å². The maximum Gasteiger partial charge on any atom is 0.227 e. The van der Waals surface area contributed by atoms with E-state index < -0.39 is 0 Å². The monoisotopic (exact) mass is 242 g/mol. The Kier molecular flexibility index (Phi) is 4.95. The lowest BCUT2D eigenvalue weighted by atomic mass is 9.95. The van der Waals surface area contributed by atoms with Gasteiger partial charge in [-0.2, -0.15) is 0 Å². The highest BCUT2D eigenvalue weighted by Gasteiger charge is 2.32. The van der Waals surface area contributed by atoms with Gasteiger partial charge in [0.05, 0.1) is 18.1 Å². The standard InChI is InChI=1S/C13H26N2O2/c1-10(2)7-11(8-14)12(16)15-5-6-17-13(3,4)9-15/h10-11H,5-9,14H2,1-4H3. The highest BCUT2D eigenvalue weighted by molar-refractivity contribution is 5.79. The molecule has 0 spiro atoms. The molecule has 0 saturated carbocycles. The third-order valence-electron chi connectivity index (χ3n) is 3.13. The number of morpholine rings is 1. The van der Waals surface area contributed by atoms with Crippen LogP contribution >= 0.6 is 0 Å². The summed E-state index contributed by atoms with van der Waals surface area (Å²) in [6.07, 6.45) is 0.868. The number of ether oxygens (including phenoxy) is 1. The Morgan fingerprint density at radius 3 is 2.59 bits per heavy atom. The zero-order valence-electron chi connectivity index (χ0n) is 11.5. The average Bonchev–Trinajstić information content (AvgIpc) is 2.23. The van der Waals surface area contributed by atoms with Crippen molar-refractivity contribution in [1.29, 1.82) is 0 Å². The van der Waals surface area contributed by atoms with Crippen molar-refractivity contribution in [3.8, 4) is 0 Å². The molecule has 1 rings (SSSR count). The molecule has 17 heavy (non-hydrogen) atoms. The third kappa shape index (κ3) is 4.28. The summed E-state index contributed by atoms with van der Waals surface area (Å²) >= 11 is 0. The Hall–Kier alpha value is -0.610. The molecule has 4 nitrogen and oxygen atoms in total. The van der Waals surface area contributed by atoms with Gasteiger partial charge in [-0.25, -0.2) is 0 Å². The van der Waals surface area contributed by atoms with Gasteiger partial charge in [0.25, 0.3) is 0 Å². The van der Waals surface area contributed by atoms with E-state index in [9.17, 15) is 4.79 Å². The number of carbonyl (C=O) groups is 1. The second-order valence-corrected chi connectivity index (χ2v) is 5.93. The van der Waals surface area contributed by atoms with Crippen LogP contribution in [0.3, 0.4) is 0 Å². The predicted octanol–water partition coefficient (Wildman–Crippen LogP) is 1.24. The minimum absolute atomic E-state index is 0.0381. The van der Waals surface area contributed by atoms with E-state index in [1.165, 1.54) is 0 Å². The molecule has 100 valence electrons. The van der Waals surface area contributed by atoms with Gasteiger partial charge in [0, 0.05) is 19.6 Å². The molecule has 1 unspecified atom stereocenters. The molecule has 0 bridgehead atoms. The highest BCUT2D eigenvalue weighted by Crippen LogP contribution is 2.20. The average molecular weight is 242 g/mol. The molecule has 0 aromatic heterocycles. The Morgan fingerprint density at radius 2 is 2.12 bits per heavy atom. The van der Waals surface area contributed by atoms with Crippen LogP contribution < -0.4 is 5.73 Å². The van der Waals surface area contributed by atoms with E-state index in [4.69, 9.17) is 10.5 Å². The summed E-state index contributed by atoms with van der Waals surface area (Å²) in [6.45, 7) is 10.7. The van der Waals surface area contributed by atoms with Gasteiger partial charge in [0.15, 0.2) is 0 Å². The molecular weight excluding hydrogens is 216 g/mol. The lowest BCUT2D eigenvalue weighted by molar-refractivity contribution is -0.150. The van der Waals surface area contributed by atoms with E-state index in [0.29, 0.717) is 32.2 Å². The SMILES string of the molecule is CC(C)CC(CN)C(=O)N1CCOC(C)(C)C1. The summed E-state index contributed by atoms with van der Waals surface area (Å²) < 4.78 is 5.62. The molecule has 0 aromatic rings. The molecule has 1 atom stereocenters. The molecule has 1 fully saturated rings. The van der Waals surface area contributed by atoms with E-state index in [2.05, 4.69) is 13.8 Å². The van der Waals surface area contributed by atoms with E-state index in [1.807, 2.05) is 18.7 Å². The second kappa shape index (κ2) is 5.83. The van der Waals surface area contributed by atoms with Crippen LogP contribution in [-0.2, 0) is 9.53 Å². The maximum atomic E-state index is 12.3. The quantitative estimate of drug-likeness (QED) is 0.807. The topological polar surface area (TPSA) is 55.6 Å². The van der Waals surface area contributed by atoms with Gasteiger partial charge in [-0.1, -0.05) is 13.8 Å². The number of amides is 1. The van der Waals surface area contributed by atoms with E-state index in [0.717, 1.165) is 6.42 Å². The minimum atomic E-state index is -0.231. The largest absolute Gasteiger partial charge is 0.372 e. The first-order chi connectivity index (χ1) is 7.85. The lowest BCUT2D eigenvalue weighted by Gasteiger charge is -2.39. The Labute approximate surface area is 104 Å². The zero-order chi connectivity index (χ0) is 13.1. The number of carbonyl (C=O) groups excluding carboxylic acids is 1. The van der Waals surface area contributed by atoms with E-state index in [1.54, 1.807) is 0 Å². The molecule has 0 radical (unpaired) electrons. The molecule has 0 aromatic carbocycles. The summed E-state index contributed by atoms with van der Waals surface area (Å²) in [7, 11) is 0. The van der Waals surface area contributed by atoms with Crippen LogP contribution in [0.15, 0.2) is 0 Å². The summed E-state index contributed by atoms with van der Waals surface area (Å²) in [6, 6.07) is 0. The number of rotatable bonds is 4. The minimum Gasteiger partial charge on any atom is -0.372 e. The van der Waals surface area contributed by atoms with Crippen LogP contribution in [0.25, 0.3) is 0 Å². The lowest BCUT2D eigenvalue weighted by Crippen LogP contribution is -2.53. The fraction of sp³-hybridized carbons (Fsp3) is 0.923. The molecule has 1 heterocycles. The number of hydrogen-bond acceptors (Lipinski definition) is 3. The summed E-state index contributed by atoms with van der Waals surface area (Å²) in [4.78, 5) is 14.2. The molecule has 1 amide bonds. The summed E-state index contributed by atoms with van der Waals surface area (Å²) in [5, 5.41) is 0. The van der Waals surface area contributed by atoms with Gasteiger partial charge < -0.3 is 15.4 Å². The van der Waals surface area contributed by atoms with Crippen molar-refractivity contribution >= 4 is 5.91 Å². The van der Waals surface area contributed by atoms with Crippen LogP contribution in [0.5, 0.6) is 0 Å². The van der Waals surface area contributed by atoms with Crippen LogP contribution in [0, 0.1) is 11.8 Å². The Morgan fingerprint density at radius 1 is 1.47 bits per heavy atom. The van der Waals surface area contributed by atoms with Crippen LogP contribution in [0.1, 0.15) is 34.1 Å². The first kappa shape index (κ1) is 14.5. The molecule has 0 aliphatic carbocycles. The van der Waals surface area contributed by atoms with Crippen molar-refractivity contribution in [2.24, 2.45) is 17.6 Å². The number of hydrogen-bond donors (Lipinski definition) is 1. The third-order valence-corrected chi connectivity index (χ3v) is 3.13. The van der Waals surface area contributed by atoms with E-state index >= 15 is 0 Å². The highest BCUT2D eigenvalue weighted by atomic mass is 16.5. The second-order valence-electron chi connectivity index (χ2n) is 5.93. The molecule has 2 N–H and O–H groups in total. The van der Waals surface area contributed by atoms with E-state index in [-0.39, 0.29) is 17.4 Å². The van der Waals surface area contributed by atoms with Gasteiger partial charge in [0.1, 0.15) is 0 Å². The molecule has 1 aliphatic heterocycles. The molecular formula is C13H26N2O2. The zero-order valence-corrected chi connectivity index (χ0v) is 11.5. The van der Waals surface area contributed by atoms with Crippen molar-refractivity contribution in [3.63, 3.8) is 0 Å². The predicted molar refractivity (Wildman–Crippen MR) is 68.6 cm³/mol. The van der Waals surface area contributed by atoms with Gasteiger partial charge in [-0.15, -0.1) is 0 Å². The summed E-state index contributed by atoms with van der Waals surface area (Å²) in [5.41, 5.74) is 5.49. The fourth-order valence-corrected chi connectivity index (χ4v) is 2.33. The molecule has 1 saturated heterocycles. The van der Waals surface area contributed by atoms with Crippen LogP contribution in [0.4, 0.5) is 0 Å². The number of nitrogens with zero attached hydrogens (tertiary/aromatic N) is 1. The van der Waals surface area contributed by atoms with Crippen molar-refractivity contribution in [1.82, 2.24) is 4.90 Å². The van der Waals surface area contributed by atoms with Gasteiger partial charge in [-0.05, 0) is 26.2 Å². The van der Waals surface area contributed by atoms with Crippen LogP contribution in [0.2, 0.25) is 0 Å².